The van der Waals surface area contributed by atoms with Gasteiger partial charge in [-0.1, -0.05) is 0 Å². The first kappa shape index (κ1) is 15.0. The van der Waals surface area contributed by atoms with E-state index < -0.39 is 6.10 Å². The predicted molar refractivity (Wildman–Crippen MR) is 79.8 cm³/mol. The first-order valence-corrected chi connectivity index (χ1v) is 7.94. The molecule has 1 aliphatic rings. The quantitative estimate of drug-likeness (QED) is 0.771. The van der Waals surface area contributed by atoms with Gasteiger partial charge in [-0.25, -0.2) is 0 Å². The van der Waals surface area contributed by atoms with Crippen LogP contribution in [-0.2, 0) is 4.74 Å². The molecule has 3 nitrogen and oxygen atoms in total. The number of aryl methyl sites for hydroxylation is 2. The summed E-state index contributed by atoms with van der Waals surface area (Å²) in [7, 11) is 0. The van der Waals surface area contributed by atoms with Crippen LogP contribution < -0.4 is 5.32 Å². The van der Waals surface area contributed by atoms with Crippen LogP contribution in [0.5, 0.6) is 0 Å². The SMILES string of the molecule is Cc1cc(C(C)NCC(O)COCC2CC2)c(C)s1. The van der Waals surface area contributed by atoms with E-state index >= 15 is 0 Å². The van der Waals surface area contributed by atoms with Crippen LogP contribution in [0.25, 0.3) is 0 Å². The number of thiophene rings is 1. The van der Waals surface area contributed by atoms with Crippen molar-refractivity contribution in [2.75, 3.05) is 19.8 Å². The van der Waals surface area contributed by atoms with Crippen molar-refractivity contribution in [2.45, 2.75) is 45.8 Å². The average molecular weight is 283 g/mol. The lowest BCUT2D eigenvalue weighted by Crippen LogP contribution is -2.32. The average Bonchev–Trinajstić information content (AvgIpc) is 3.11. The van der Waals surface area contributed by atoms with E-state index in [-0.39, 0.29) is 6.04 Å². The first-order valence-electron chi connectivity index (χ1n) is 7.12. The lowest BCUT2D eigenvalue weighted by Gasteiger charge is -2.17. The summed E-state index contributed by atoms with van der Waals surface area (Å²) in [5.74, 6) is 0.760. The van der Waals surface area contributed by atoms with Crippen LogP contribution in [0.15, 0.2) is 6.07 Å². The van der Waals surface area contributed by atoms with Gasteiger partial charge in [-0.05, 0) is 51.2 Å². The maximum atomic E-state index is 9.87. The van der Waals surface area contributed by atoms with Crippen LogP contribution in [0.3, 0.4) is 0 Å². The molecule has 2 unspecified atom stereocenters. The number of ether oxygens (including phenoxy) is 1. The minimum absolute atomic E-state index is 0.281. The fourth-order valence-corrected chi connectivity index (χ4v) is 3.24. The van der Waals surface area contributed by atoms with E-state index in [1.807, 2.05) is 11.3 Å². The number of aliphatic hydroxyl groups is 1. The molecule has 0 aromatic carbocycles. The third-order valence-electron chi connectivity index (χ3n) is 3.57. The van der Waals surface area contributed by atoms with Gasteiger partial charge >= 0.3 is 0 Å². The highest BCUT2D eigenvalue weighted by atomic mass is 32.1. The Balaban J connectivity index is 1.66. The minimum atomic E-state index is -0.416. The Bertz CT molecular complexity index is 401. The van der Waals surface area contributed by atoms with E-state index in [2.05, 4.69) is 32.2 Å². The molecule has 0 radical (unpaired) electrons. The first-order chi connectivity index (χ1) is 9.06. The monoisotopic (exact) mass is 283 g/mol. The smallest absolute Gasteiger partial charge is 0.0897 e. The van der Waals surface area contributed by atoms with E-state index in [4.69, 9.17) is 4.74 Å². The van der Waals surface area contributed by atoms with E-state index in [1.54, 1.807) is 0 Å². The van der Waals surface area contributed by atoms with Gasteiger partial charge in [0.25, 0.3) is 0 Å². The second kappa shape index (κ2) is 6.84. The molecule has 0 saturated heterocycles. The lowest BCUT2D eigenvalue weighted by atomic mass is 10.1. The second-order valence-corrected chi connectivity index (χ2v) is 7.09. The van der Waals surface area contributed by atoms with Crippen LogP contribution in [0, 0.1) is 19.8 Å². The molecule has 0 amide bonds. The molecule has 2 atom stereocenters. The normalized spacial score (nSPS) is 18.5. The van der Waals surface area contributed by atoms with E-state index in [1.165, 1.54) is 28.2 Å². The van der Waals surface area contributed by atoms with Gasteiger partial charge in [0, 0.05) is 28.9 Å². The summed E-state index contributed by atoms with van der Waals surface area (Å²) < 4.78 is 5.50. The van der Waals surface area contributed by atoms with Crippen molar-refractivity contribution >= 4 is 11.3 Å². The largest absolute Gasteiger partial charge is 0.389 e. The number of hydrogen-bond acceptors (Lipinski definition) is 4. The highest BCUT2D eigenvalue weighted by Crippen LogP contribution is 2.28. The van der Waals surface area contributed by atoms with E-state index in [9.17, 15) is 5.11 Å². The Kier molecular flexibility index (Phi) is 5.39. The topological polar surface area (TPSA) is 41.5 Å². The van der Waals surface area contributed by atoms with Gasteiger partial charge in [0.2, 0.25) is 0 Å². The molecule has 4 heteroatoms. The van der Waals surface area contributed by atoms with Gasteiger partial charge in [0.15, 0.2) is 0 Å². The van der Waals surface area contributed by atoms with Crippen molar-refractivity contribution in [3.63, 3.8) is 0 Å². The summed E-state index contributed by atoms with van der Waals surface area (Å²) in [6.45, 7) is 8.27. The minimum Gasteiger partial charge on any atom is -0.389 e. The van der Waals surface area contributed by atoms with Crippen LogP contribution >= 0.6 is 11.3 Å². The Morgan fingerprint density at radius 1 is 1.47 bits per heavy atom. The molecule has 1 fully saturated rings. The number of aliphatic hydroxyl groups excluding tert-OH is 1. The fourth-order valence-electron chi connectivity index (χ4n) is 2.22. The lowest BCUT2D eigenvalue weighted by molar-refractivity contribution is 0.0315. The maximum Gasteiger partial charge on any atom is 0.0897 e. The Morgan fingerprint density at radius 2 is 2.21 bits per heavy atom. The van der Waals surface area contributed by atoms with Gasteiger partial charge in [-0.15, -0.1) is 11.3 Å². The molecule has 0 spiro atoms. The number of nitrogens with one attached hydrogen (secondary N) is 1. The van der Waals surface area contributed by atoms with Gasteiger partial charge in [-0.2, -0.15) is 0 Å². The second-order valence-electron chi connectivity index (χ2n) is 5.63. The maximum absolute atomic E-state index is 9.87. The number of rotatable bonds is 8. The van der Waals surface area contributed by atoms with Crippen LogP contribution in [0.4, 0.5) is 0 Å². The Labute approximate surface area is 120 Å². The molecule has 108 valence electrons. The Morgan fingerprint density at radius 3 is 2.79 bits per heavy atom. The molecule has 2 N–H and O–H groups in total. The Hall–Kier alpha value is -0.420. The van der Waals surface area contributed by atoms with Crippen molar-refractivity contribution in [3.05, 3.63) is 21.4 Å². The van der Waals surface area contributed by atoms with Crippen LogP contribution in [0.1, 0.15) is 41.1 Å². The summed E-state index contributed by atoms with van der Waals surface area (Å²) in [5.41, 5.74) is 1.34. The molecule has 19 heavy (non-hydrogen) atoms. The molecule has 0 bridgehead atoms. The van der Waals surface area contributed by atoms with E-state index in [0.29, 0.717) is 13.2 Å². The van der Waals surface area contributed by atoms with Gasteiger partial charge in [0.05, 0.1) is 12.7 Å². The molecule has 2 rings (SSSR count). The van der Waals surface area contributed by atoms with Crippen molar-refractivity contribution in [3.8, 4) is 0 Å². The van der Waals surface area contributed by atoms with Gasteiger partial charge < -0.3 is 15.2 Å². The third-order valence-corrected chi connectivity index (χ3v) is 4.55. The molecule has 1 aliphatic carbocycles. The zero-order valence-corrected chi connectivity index (χ0v) is 12.9. The molecular weight excluding hydrogens is 258 g/mol. The van der Waals surface area contributed by atoms with E-state index in [0.717, 1.165) is 12.5 Å². The highest BCUT2D eigenvalue weighted by Gasteiger charge is 2.21. The summed E-state index contributed by atoms with van der Waals surface area (Å²) in [5, 5.41) is 13.3. The zero-order chi connectivity index (χ0) is 13.8. The van der Waals surface area contributed by atoms with Crippen LogP contribution in [0.2, 0.25) is 0 Å². The fraction of sp³-hybridized carbons (Fsp3) is 0.733. The molecule has 1 aromatic rings. The van der Waals surface area contributed by atoms with Gasteiger partial charge in [-0.3, -0.25) is 0 Å². The number of hydrogen-bond donors (Lipinski definition) is 2. The van der Waals surface area contributed by atoms with Gasteiger partial charge in [0.1, 0.15) is 0 Å². The summed E-state index contributed by atoms with van der Waals surface area (Å²) in [6.07, 6.45) is 2.17. The zero-order valence-electron chi connectivity index (χ0n) is 12.1. The molecule has 1 aromatic heterocycles. The van der Waals surface area contributed by atoms with Crippen molar-refractivity contribution in [1.29, 1.82) is 0 Å². The third kappa shape index (κ3) is 4.88. The molecular formula is C15H25NO2S. The van der Waals surface area contributed by atoms with Crippen molar-refractivity contribution < 1.29 is 9.84 Å². The summed E-state index contributed by atoms with van der Waals surface area (Å²) in [6, 6.07) is 2.51. The van der Waals surface area contributed by atoms with Crippen molar-refractivity contribution in [1.82, 2.24) is 5.32 Å². The molecule has 0 aliphatic heterocycles. The molecule has 1 saturated carbocycles. The molecule has 1 heterocycles. The summed E-state index contributed by atoms with van der Waals surface area (Å²) >= 11 is 1.83. The van der Waals surface area contributed by atoms with Crippen LogP contribution in [-0.4, -0.2) is 31.0 Å². The standard InChI is InChI=1S/C15H25NO2S/c1-10-6-15(12(3)19-10)11(2)16-7-14(17)9-18-8-13-4-5-13/h6,11,13-14,16-17H,4-5,7-9H2,1-3H3. The highest BCUT2D eigenvalue weighted by molar-refractivity contribution is 7.12. The van der Waals surface area contributed by atoms with Crippen molar-refractivity contribution in [2.24, 2.45) is 5.92 Å². The summed E-state index contributed by atoms with van der Waals surface area (Å²) in [4.78, 5) is 2.70. The predicted octanol–water partition coefficient (Wildman–Crippen LogP) is 2.80.